The molecular formula is C10H12N2O2. The summed E-state index contributed by atoms with van der Waals surface area (Å²) in [6.45, 7) is 1.66. The van der Waals surface area contributed by atoms with Crippen LogP contribution >= 0.6 is 0 Å². The maximum Gasteiger partial charge on any atom is 0.134 e. The minimum Gasteiger partial charge on any atom is -0.411 e. The first-order chi connectivity index (χ1) is 6.79. The van der Waals surface area contributed by atoms with Gasteiger partial charge in [0.1, 0.15) is 18.5 Å². The molecule has 0 aliphatic heterocycles. The van der Waals surface area contributed by atoms with Crippen molar-refractivity contribution >= 4 is 11.4 Å². The molecule has 0 atom stereocenters. The molecule has 1 N–H and O–H groups in total. The van der Waals surface area contributed by atoms with Gasteiger partial charge in [0.25, 0.3) is 0 Å². The molecule has 0 radical (unpaired) electrons. The van der Waals surface area contributed by atoms with Gasteiger partial charge in [0, 0.05) is 5.56 Å². The Morgan fingerprint density at radius 2 is 1.93 bits per heavy atom. The lowest BCUT2D eigenvalue weighted by atomic mass is 10.1. The zero-order valence-electron chi connectivity index (χ0n) is 8.14. The van der Waals surface area contributed by atoms with Gasteiger partial charge < -0.3 is 10.0 Å². The second-order valence-corrected chi connectivity index (χ2v) is 2.67. The molecule has 4 heteroatoms. The van der Waals surface area contributed by atoms with Crippen LogP contribution in [0.2, 0.25) is 0 Å². The third-order valence-corrected chi connectivity index (χ3v) is 1.72. The molecule has 1 aromatic rings. The van der Waals surface area contributed by atoms with E-state index < -0.39 is 0 Å². The lowest BCUT2D eigenvalue weighted by molar-refractivity contribution is 0.214. The van der Waals surface area contributed by atoms with Crippen LogP contribution in [0.25, 0.3) is 0 Å². The average molecular weight is 192 g/mol. The summed E-state index contributed by atoms with van der Waals surface area (Å²) in [4.78, 5) is 4.68. The lowest BCUT2D eigenvalue weighted by Crippen LogP contribution is -2.12. The van der Waals surface area contributed by atoms with Crippen molar-refractivity contribution < 1.29 is 10.0 Å². The van der Waals surface area contributed by atoms with Crippen LogP contribution < -0.4 is 0 Å². The van der Waals surface area contributed by atoms with Gasteiger partial charge in [0.05, 0.1) is 0 Å². The Kier molecular flexibility index (Phi) is 3.67. The third kappa shape index (κ3) is 2.32. The SMILES string of the molecule is CON=C(C(C)=NO)c1ccccc1. The molecule has 0 bridgehead atoms. The highest BCUT2D eigenvalue weighted by Crippen LogP contribution is 2.03. The number of benzene rings is 1. The fourth-order valence-electron chi connectivity index (χ4n) is 1.06. The fraction of sp³-hybridized carbons (Fsp3) is 0.200. The predicted molar refractivity (Wildman–Crippen MR) is 54.9 cm³/mol. The van der Waals surface area contributed by atoms with Crippen LogP contribution in [0.5, 0.6) is 0 Å². The molecule has 0 fully saturated rings. The van der Waals surface area contributed by atoms with E-state index in [1.807, 2.05) is 30.3 Å². The van der Waals surface area contributed by atoms with E-state index >= 15 is 0 Å². The van der Waals surface area contributed by atoms with Gasteiger partial charge in [-0.05, 0) is 6.92 Å². The van der Waals surface area contributed by atoms with Gasteiger partial charge in [0.2, 0.25) is 0 Å². The van der Waals surface area contributed by atoms with E-state index in [9.17, 15) is 0 Å². The minimum atomic E-state index is 0.415. The molecule has 0 aliphatic rings. The molecular weight excluding hydrogens is 180 g/mol. The van der Waals surface area contributed by atoms with Gasteiger partial charge in [-0.3, -0.25) is 0 Å². The molecule has 0 spiro atoms. The van der Waals surface area contributed by atoms with Gasteiger partial charge >= 0.3 is 0 Å². The largest absolute Gasteiger partial charge is 0.411 e. The smallest absolute Gasteiger partial charge is 0.134 e. The Hall–Kier alpha value is -1.84. The van der Waals surface area contributed by atoms with E-state index in [-0.39, 0.29) is 0 Å². The minimum absolute atomic E-state index is 0.415. The zero-order valence-corrected chi connectivity index (χ0v) is 8.14. The van der Waals surface area contributed by atoms with Crippen molar-refractivity contribution in [1.82, 2.24) is 0 Å². The van der Waals surface area contributed by atoms with E-state index in [4.69, 9.17) is 5.21 Å². The van der Waals surface area contributed by atoms with Crippen molar-refractivity contribution in [2.24, 2.45) is 10.3 Å². The number of oxime groups is 2. The lowest BCUT2D eigenvalue weighted by Gasteiger charge is -2.02. The second-order valence-electron chi connectivity index (χ2n) is 2.67. The second kappa shape index (κ2) is 5.01. The van der Waals surface area contributed by atoms with Crippen LogP contribution in [-0.4, -0.2) is 23.7 Å². The first-order valence-corrected chi connectivity index (χ1v) is 4.15. The monoisotopic (exact) mass is 192 g/mol. The molecule has 0 saturated heterocycles. The third-order valence-electron chi connectivity index (χ3n) is 1.72. The average Bonchev–Trinajstić information content (AvgIpc) is 2.26. The van der Waals surface area contributed by atoms with Crippen LogP contribution in [0.1, 0.15) is 12.5 Å². The number of rotatable bonds is 3. The number of hydrogen-bond donors (Lipinski definition) is 1. The molecule has 0 unspecified atom stereocenters. The summed E-state index contributed by atoms with van der Waals surface area (Å²) in [5.74, 6) is 0. The van der Waals surface area contributed by atoms with Crippen LogP contribution in [0.4, 0.5) is 0 Å². The Balaban J connectivity index is 3.08. The summed E-state index contributed by atoms with van der Waals surface area (Å²) in [5, 5.41) is 15.5. The van der Waals surface area contributed by atoms with Gasteiger partial charge in [-0.2, -0.15) is 0 Å². The van der Waals surface area contributed by atoms with Crippen molar-refractivity contribution in [2.75, 3.05) is 7.11 Å². The number of hydrogen-bond acceptors (Lipinski definition) is 4. The van der Waals surface area contributed by atoms with Crippen molar-refractivity contribution in [3.63, 3.8) is 0 Å². The highest BCUT2D eigenvalue weighted by molar-refractivity contribution is 6.47. The molecule has 4 nitrogen and oxygen atoms in total. The van der Waals surface area contributed by atoms with Crippen LogP contribution in [0.3, 0.4) is 0 Å². The van der Waals surface area contributed by atoms with Crippen LogP contribution in [-0.2, 0) is 4.84 Å². The Morgan fingerprint density at radius 1 is 1.29 bits per heavy atom. The summed E-state index contributed by atoms with van der Waals surface area (Å²) in [6, 6.07) is 9.40. The van der Waals surface area contributed by atoms with Gasteiger partial charge in [-0.25, -0.2) is 0 Å². The molecule has 0 saturated carbocycles. The summed E-state index contributed by atoms with van der Waals surface area (Å²) in [7, 11) is 1.45. The van der Waals surface area contributed by atoms with Gasteiger partial charge in [0.15, 0.2) is 0 Å². The standard InChI is InChI=1S/C10H12N2O2/c1-8(11-13)10(12-14-2)9-6-4-3-5-7-9/h3-7,13H,1-2H3. The fourth-order valence-corrected chi connectivity index (χ4v) is 1.06. The normalized spacial score (nSPS) is 12.7. The topological polar surface area (TPSA) is 54.2 Å². The summed E-state index contributed by atoms with van der Waals surface area (Å²) >= 11 is 0. The van der Waals surface area contributed by atoms with Crippen molar-refractivity contribution in [3.05, 3.63) is 35.9 Å². The highest BCUT2D eigenvalue weighted by atomic mass is 16.6. The molecule has 1 rings (SSSR count). The first kappa shape index (κ1) is 10.2. The Labute approximate surface area is 82.5 Å². The Bertz CT molecular complexity index is 344. The molecule has 14 heavy (non-hydrogen) atoms. The van der Waals surface area contributed by atoms with E-state index in [1.165, 1.54) is 7.11 Å². The summed E-state index contributed by atoms with van der Waals surface area (Å²) in [6.07, 6.45) is 0. The van der Waals surface area contributed by atoms with E-state index in [1.54, 1.807) is 6.92 Å². The quantitative estimate of drug-likeness (QED) is 0.451. The molecule has 0 heterocycles. The molecule has 74 valence electrons. The molecule has 1 aromatic carbocycles. The van der Waals surface area contributed by atoms with Crippen LogP contribution in [0.15, 0.2) is 40.6 Å². The Morgan fingerprint density at radius 3 is 2.43 bits per heavy atom. The number of nitrogens with zero attached hydrogens (tertiary/aromatic N) is 2. The molecule has 0 amide bonds. The maximum absolute atomic E-state index is 8.64. The van der Waals surface area contributed by atoms with E-state index in [0.717, 1.165) is 5.56 Å². The van der Waals surface area contributed by atoms with Crippen molar-refractivity contribution in [3.8, 4) is 0 Å². The molecule has 0 aromatic heterocycles. The van der Waals surface area contributed by atoms with Crippen molar-refractivity contribution in [2.45, 2.75) is 6.92 Å². The van der Waals surface area contributed by atoms with Crippen LogP contribution in [0, 0.1) is 0 Å². The summed E-state index contributed by atoms with van der Waals surface area (Å²) in [5.41, 5.74) is 1.79. The van der Waals surface area contributed by atoms with E-state index in [0.29, 0.717) is 11.4 Å². The van der Waals surface area contributed by atoms with Gasteiger partial charge in [-0.1, -0.05) is 40.6 Å². The van der Waals surface area contributed by atoms with Gasteiger partial charge in [-0.15, -0.1) is 0 Å². The summed E-state index contributed by atoms with van der Waals surface area (Å²) < 4.78 is 0. The zero-order chi connectivity index (χ0) is 10.4. The predicted octanol–water partition coefficient (Wildman–Crippen LogP) is 1.89. The molecule has 0 aliphatic carbocycles. The maximum atomic E-state index is 8.64. The van der Waals surface area contributed by atoms with Crippen molar-refractivity contribution in [1.29, 1.82) is 0 Å². The first-order valence-electron chi connectivity index (χ1n) is 4.15. The van der Waals surface area contributed by atoms with E-state index in [2.05, 4.69) is 15.1 Å². The highest BCUT2D eigenvalue weighted by Gasteiger charge is 2.07.